The van der Waals surface area contributed by atoms with Gasteiger partial charge in [-0.25, -0.2) is 18.0 Å². The third-order valence-corrected chi connectivity index (χ3v) is 2.49. The highest BCUT2D eigenvalue weighted by molar-refractivity contribution is 5.88. The smallest absolute Gasteiger partial charge is 0.382 e. The molecule has 1 aromatic heterocycles. The highest BCUT2D eigenvalue weighted by Crippen LogP contribution is 2.29. The maximum absolute atomic E-state index is 13.3. The molecular weight excluding hydrogens is 301 g/mol. The van der Waals surface area contributed by atoms with Gasteiger partial charge in [-0.1, -0.05) is 12.1 Å². The molecule has 0 N–H and O–H groups in total. The number of ether oxygens (including phenoxy) is 1. The Balaban J connectivity index is 2.38. The fourth-order valence-electron chi connectivity index (χ4n) is 1.39. The second-order valence-electron chi connectivity index (χ2n) is 3.82. The fourth-order valence-corrected chi connectivity index (χ4v) is 1.39. The molecule has 0 saturated heterocycles. The number of nitrogens with zero attached hydrogens (tertiary/aromatic N) is 1. The molecular formula is C12H6F5NO3. The lowest BCUT2D eigenvalue weighted by atomic mass is 10.2. The van der Waals surface area contributed by atoms with E-state index >= 15 is 0 Å². The van der Waals surface area contributed by atoms with Crippen molar-refractivity contribution in [1.82, 2.24) is 5.16 Å². The molecule has 1 heterocycles. The summed E-state index contributed by atoms with van der Waals surface area (Å²) in [4.78, 5) is 11.5. The molecule has 0 radical (unpaired) electrons. The van der Waals surface area contributed by atoms with E-state index in [9.17, 15) is 26.7 Å². The Kier molecular flexibility index (Phi) is 3.92. The van der Waals surface area contributed by atoms with E-state index < -0.39 is 46.6 Å². The molecule has 112 valence electrons. The van der Waals surface area contributed by atoms with Crippen LogP contribution in [0.3, 0.4) is 0 Å². The number of aromatic nitrogens is 1. The Hall–Kier alpha value is -2.45. The maximum Gasteiger partial charge on any atom is 0.382 e. The quantitative estimate of drug-likeness (QED) is 0.287. The molecule has 1 aromatic carbocycles. The van der Waals surface area contributed by atoms with Gasteiger partial charge in [-0.2, -0.15) is 8.78 Å². The van der Waals surface area contributed by atoms with Crippen LogP contribution in [0.25, 0.3) is 0 Å². The number of hydrogen-bond donors (Lipinski definition) is 0. The van der Waals surface area contributed by atoms with Gasteiger partial charge in [-0.3, -0.25) is 0 Å². The van der Waals surface area contributed by atoms with Gasteiger partial charge in [0.2, 0.25) is 40.6 Å². The summed E-state index contributed by atoms with van der Waals surface area (Å²) in [6.45, 7) is 1.69. The van der Waals surface area contributed by atoms with Crippen LogP contribution in [0.5, 0.6) is 5.75 Å². The number of carbonyl (C=O) groups is 1. The summed E-state index contributed by atoms with van der Waals surface area (Å²) in [7, 11) is 0. The minimum absolute atomic E-state index is 0.347. The zero-order chi connectivity index (χ0) is 15.7. The standard InChI is InChI=1S/C12H6F5NO3/c1-2-4-3-5(21-18-4)12(19)20-11-9(16)7(14)6(13)8(15)10(11)17/h3H,2H2,1H3. The lowest BCUT2D eigenvalue weighted by Crippen LogP contribution is -2.13. The van der Waals surface area contributed by atoms with Crippen molar-refractivity contribution in [3.63, 3.8) is 0 Å². The Morgan fingerprint density at radius 2 is 1.62 bits per heavy atom. The lowest BCUT2D eigenvalue weighted by molar-refractivity contribution is 0.0672. The van der Waals surface area contributed by atoms with E-state index in [4.69, 9.17) is 0 Å². The van der Waals surface area contributed by atoms with Crippen LogP contribution in [-0.4, -0.2) is 11.1 Å². The molecule has 0 saturated carbocycles. The largest absolute Gasteiger partial charge is 0.414 e. The van der Waals surface area contributed by atoms with Crippen molar-refractivity contribution in [3.05, 3.63) is 46.6 Å². The van der Waals surface area contributed by atoms with Crippen molar-refractivity contribution in [3.8, 4) is 5.75 Å². The normalized spacial score (nSPS) is 10.8. The van der Waals surface area contributed by atoms with Crippen LogP contribution < -0.4 is 4.74 Å². The van der Waals surface area contributed by atoms with E-state index in [0.29, 0.717) is 12.1 Å². The van der Waals surface area contributed by atoms with Gasteiger partial charge < -0.3 is 9.26 Å². The van der Waals surface area contributed by atoms with Crippen molar-refractivity contribution in [2.45, 2.75) is 13.3 Å². The zero-order valence-corrected chi connectivity index (χ0v) is 10.3. The van der Waals surface area contributed by atoms with Gasteiger partial charge in [0.15, 0.2) is 0 Å². The number of aryl methyl sites for hydroxylation is 1. The average Bonchev–Trinajstić information content (AvgIpc) is 2.96. The van der Waals surface area contributed by atoms with Crippen LogP contribution in [0, 0.1) is 29.1 Å². The van der Waals surface area contributed by atoms with Crippen molar-refractivity contribution in [1.29, 1.82) is 0 Å². The molecule has 2 rings (SSSR count). The molecule has 0 aliphatic heterocycles. The van der Waals surface area contributed by atoms with Crippen molar-refractivity contribution < 1.29 is 36.0 Å². The molecule has 0 fully saturated rings. The highest BCUT2D eigenvalue weighted by atomic mass is 19.2. The first-order chi connectivity index (χ1) is 9.86. The van der Waals surface area contributed by atoms with Gasteiger partial charge in [0.1, 0.15) is 0 Å². The summed E-state index contributed by atoms with van der Waals surface area (Å²) in [5.74, 6) is -15.0. The molecule has 0 atom stereocenters. The van der Waals surface area contributed by atoms with Crippen LogP contribution in [0.4, 0.5) is 22.0 Å². The first-order valence-electron chi connectivity index (χ1n) is 5.56. The third-order valence-electron chi connectivity index (χ3n) is 2.49. The number of carbonyl (C=O) groups excluding carboxylic acids is 1. The fraction of sp³-hybridized carbons (Fsp3) is 0.167. The number of rotatable bonds is 3. The summed E-state index contributed by atoms with van der Waals surface area (Å²) < 4.78 is 74.0. The molecule has 4 nitrogen and oxygen atoms in total. The van der Waals surface area contributed by atoms with E-state index in [2.05, 4.69) is 14.4 Å². The number of esters is 1. The Morgan fingerprint density at radius 3 is 2.10 bits per heavy atom. The molecule has 0 amide bonds. The monoisotopic (exact) mass is 307 g/mol. The second-order valence-corrected chi connectivity index (χ2v) is 3.82. The average molecular weight is 307 g/mol. The van der Waals surface area contributed by atoms with Gasteiger partial charge in [0, 0.05) is 6.07 Å². The minimum atomic E-state index is -2.35. The summed E-state index contributed by atoms with van der Waals surface area (Å²) in [5.41, 5.74) is 0.347. The number of benzene rings is 1. The van der Waals surface area contributed by atoms with Crippen LogP contribution >= 0.6 is 0 Å². The molecule has 0 spiro atoms. The van der Waals surface area contributed by atoms with Crippen LogP contribution in [0.15, 0.2) is 10.6 Å². The molecule has 0 aliphatic rings. The first-order valence-corrected chi connectivity index (χ1v) is 5.56. The molecule has 0 unspecified atom stereocenters. The zero-order valence-electron chi connectivity index (χ0n) is 10.3. The number of halogens is 5. The topological polar surface area (TPSA) is 52.3 Å². The molecule has 21 heavy (non-hydrogen) atoms. The van der Waals surface area contributed by atoms with Crippen LogP contribution in [-0.2, 0) is 6.42 Å². The Morgan fingerprint density at radius 1 is 1.10 bits per heavy atom. The number of hydrogen-bond acceptors (Lipinski definition) is 4. The van der Waals surface area contributed by atoms with Gasteiger partial charge in [0.25, 0.3) is 0 Å². The summed E-state index contributed by atoms with van der Waals surface area (Å²) in [5, 5.41) is 3.42. The van der Waals surface area contributed by atoms with Gasteiger partial charge in [-0.15, -0.1) is 0 Å². The van der Waals surface area contributed by atoms with Crippen molar-refractivity contribution in [2.75, 3.05) is 0 Å². The van der Waals surface area contributed by atoms with Crippen LogP contribution in [0.1, 0.15) is 23.2 Å². The van der Waals surface area contributed by atoms with Gasteiger partial charge in [0.05, 0.1) is 5.69 Å². The predicted molar refractivity (Wildman–Crippen MR) is 57.1 cm³/mol. The third kappa shape index (κ3) is 2.58. The van der Waals surface area contributed by atoms with E-state index in [-0.39, 0.29) is 0 Å². The van der Waals surface area contributed by atoms with Crippen LogP contribution in [0.2, 0.25) is 0 Å². The van der Waals surface area contributed by atoms with E-state index in [0.717, 1.165) is 6.07 Å². The second kappa shape index (κ2) is 5.51. The summed E-state index contributed by atoms with van der Waals surface area (Å²) >= 11 is 0. The molecule has 0 bridgehead atoms. The summed E-state index contributed by atoms with van der Waals surface area (Å²) in [6.07, 6.45) is 0.402. The molecule has 0 aliphatic carbocycles. The summed E-state index contributed by atoms with van der Waals surface area (Å²) in [6, 6.07) is 1.12. The maximum atomic E-state index is 13.3. The highest BCUT2D eigenvalue weighted by Gasteiger charge is 2.29. The lowest BCUT2D eigenvalue weighted by Gasteiger charge is -2.07. The van der Waals surface area contributed by atoms with Crippen molar-refractivity contribution in [2.24, 2.45) is 0 Å². The molecule has 9 heteroatoms. The predicted octanol–water partition coefficient (Wildman–Crippen LogP) is 3.15. The SMILES string of the molecule is CCc1cc(C(=O)Oc2c(F)c(F)c(F)c(F)c2F)on1. The molecule has 2 aromatic rings. The van der Waals surface area contributed by atoms with Gasteiger partial charge in [-0.05, 0) is 6.42 Å². The first kappa shape index (κ1) is 14.9. The van der Waals surface area contributed by atoms with E-state index in [1.807, 2.05) is 0 Å². The minimum Gasteiger partial charge on any atom is -0.414 e. The van der Waals surface area contributed by atoms with E-state index in [1.54, 1.807) is 6.92 Å². The van der Waals surface area contributed by atoms with E-state index in [1.165, 1.54) is 0 Å². The Labute approximate surface area is 114 Å². The van der Waals surface area contributed by atoms with Crippen molar-refractivity contribution >= 4 is 5.97 Å². The Bertz CT molecular complexity index is 684. The van der Waals surface area contributed by atoms with Gasteiger partial charge >= 0.3 is 5.97 Å².